The Bertz CT molecular complexity index is 895. The molecular formula is C20H20ClN3O. The van der Waals surface area contributed by atoms with Gasteiger partial charge in [0.25, 0.3) is 5.91 Å². The summed E-state index contributed by atoms with van der Waals surface area (Å²) in [5.74, 6) is 0.784. The van der Waals surface area contributed by atoms with Crippen molar-refractivity contribution in [2.24, 2.45) is 0 Å². The number of nitrogens with zero attached hydrogens (tertiary/aromatic N) is 1. The van der Waals surface area contributed by atoms with Gasteiger partial charge < -0.3 is 10.3 Å². The van der Waals surface area contributed by atoms with E-state index in [0.29, 0.717) is 16.6 Å². The van der Waals surface area contributed by atoms with Crippen molar-refractivity contribution in [3.8, 4) is 11.4 Å². The predicted molar refractivity (Wildman–Crippen MR) is 101 cm³/mol. The Hall–Kier alpha value is -2.33. The summed E-state index contributed by atoms with van der Waals surface area (Å²) in [7, 11) is 0. The Morgan fingerprint density at radius 3 is 2.60 bits per heavy atom. The van der Waals surface area contributed by atoms with Crippen molar-refractivity contribution in [1.82, 2.24) is 15.3 Å². The number of fused-ring (bicyclic) bond motifs is 1. The minimum Gasteiger partial charge on any atom is -0.349 e. The molecule has 4 rings (SSSR count). The Morgan fingerprint density at radius 1 is 1.08 bits per heavy atom. The van der Waals surface area contributed by atoms with E-state index in [1.54, 1.807) is 0 Å². The minimum atomic E-state index is 0.00911. The molecule has 0 radical (unpaired) electrons. The molecule has 1 fully saturated rings. The largest absolute Gasteiger partial charge is 0.349 e. The van der Waals surface area contributed by atoms with Crippen molar-refractivity contribution >= 4 is 28.5 Å². The lowest BCUT2D eigenvalue weighted by Crippen LogP contribution is -2.36. The maximum atomic E-state index is 12.4. The number of aromatic amines is 1. The summed E-state index contributed by atoms with van der Waals surface area (Å²) in [6, 6.07) is 13.5. The second kappa shape index (κ2) is 6.89. The van der Waals surface area contributed by atoms with Gasteiger partial charge in [-0.25, -0.2) is 4.98 Å². The quantitative estimate of drug-likeness (QED) is 0.700. The molecule has 1 amide bonds. The van der Waals surface area contributed by atoms with E-state index in [2.05, 4.69) is 15.3 Å². The van der Waals surface area contributed by atoms with Gasteiger partial charge in [0, 0.05) is 22.2 Å². The fraction of sp³-hybridized carbons (Fsp3) is 0.300. The minimum absolute atomic E-state index is 0.00911. The van der Waals surface area contributed by atoms with Crippen LogP contribution in [0, 0.1) is 0 Å². The molecule has 128 valence electrons. The molecule has 1 aliphatic carbocycles. The van der Waals surface area contributed by atoms with Crippen molar-refractivity contribution < 1.29 is 4.79 Å². The van der Waals surface area contributed by atoms with Crippen LogP contribution in [0.4, 0.5) is 0 Å². The Labute approximate surface area is 151 Å². The van der Waals surface area contributed by atoms with Gasteiger partial charge in [-0.3, -0.25) is 4.79 Å². The first-order valence-corrected chi connectivity index (χ1v) is 9.13. The van der Waals surface area contributed by atoms with Crippen molar-refractivity contribution in [3.05, 3.63) is 53.1 Å². The number of imidazole rings is 1. The van der Waals surface area contributed by atoms with Crippen molar-refractivity contribution in [3.63, 3.8) is 0 Å². The van der Waals surface area contributed by atoms with Crippen LogP contribution in [0.5, 0.6) is 0 Å². The van der Waals surface area contributed by atoms with Crippen LogP contribution in [0.1, 0.15) is 42.5 Å². The number of halogens is 1. The summed E-state index contributed by atoms with van der Waals surface area (Å²) < 4.78 is 0. The molecule has 0 bridgehead atoms. The summed E-state index contributed by atoms with van der Waals surface area (Å²) in [5, 5.41) is 3.82. The number of aromatic nitrogens is 2. The molecule has 1 aliphatic rings. The molecule has 0 saturated heterocycles. The third-order valence-electron chi connectivity index (χ3n) is 4.80. The lowest BCUT2D eigenvalue weighted by molar-refractivity contribution is 0.0927. The fourth-order valence-corrected chi connectivity index (χ4v) is 3.59. The van der Waals surface area contributed by atoms with E-state index >= 15 is 0 Å². The molecule has 1 saturated carbocycles. The third kappa shape index (κ3) is 3.54. The molecule has 4 nitrogen and oxygen atoms in total. The van der Waals surface area contributed by atoms with E-state index < -0.39 is 0 Å². The summed E-state index contributed by atoms with van der Waals surface area (Å²) >= 11 is 6.02. The van der Waals surface area contributed by atoms with E-state index in [0.717, 1.165) is 35.3 Å². The average molecular weight is 354 g/mol. The smallest absolute Gasteiger partial charge is 0.251 e. The second-order valence-electron chi connectivity index (χ2n) is 6.63. The molecule has 3 aromatic rings. The standard InChI is InChI=1S/C20H20ClN3O/c21-15-10-11-17-18(12-15)24-19(23-17)13-6-8-14(9-7-13)20(25)22-16-4-2-1-3-5-16/h6-12,16H,1-5H2,(H,22,25)(H,23,24). The molecule has 25 heavy (non-hydrogen) atoms. The van der Waals surface area contributed by atoms with Gasteiger partial charge >= 0.3 is 0 Å². The molecule has 1 heterocycles. The lowest BCUT2D eigenvalue weighted by atomic mass is 9.95. The highest BCUT2D eigenvalue weighted by atomic mass is 35.5. The third-order valence-corrected chi connectivity index (χ3v) is 5.04. The highest BCUT2D eigenvalue weighted by Crippen LogP contribution is 2.23. The highest BCUT2D eigenvalue weighted by molar-refractivity contribution is 6.31. The van der Waals surface area contributed by atoms with Crippen LogP contribution < -0.4 is 5.32 Å². The van der Waals surface area contributed by atoms with Crippen LogP contribution in [-0.4, -0.2) is 21.9 Å². The number of H-pyrrole nitrogens is 1. The average Bonchev–Trinajstić information content (AvgIpc) is 3.06. The number of rotatable bonds is 3. The van der Waals surface area contributed by atoms with Crippen LogP contribution in [0.2, 0.25) is 5.02 Å². The second-order valence-corrected chi connectivity index (χ2v) is 7.07. The van der Waals surface area contributed by atoms with Gasteiger partial charge in [0.05, 0.1) is 11.0 Å². The summed E-state index contributed by atoms with van der Waals surface area (Å²) in [6.45, 7) is 0. The van der Waals surface area contributed by atoms with Gasteiger partial charge in [0.15, 0.2) is 0 Å². The van der Waals surface area contributed by atoms with Crippen LogP contribution in [-0.2, 0) is 0 Å². The van der Waals surface area contributed by atoms with E-state index in [1.165, 1.54) is 19.3 Å². The van der Waals surface area contributed by atoms with Crippen molar-refractivity contribution in [2.45, 2.75) is 38.1 Å². The van der Waals surface area contributed by atoms with E-state index in [1.807, 2.05) is 42.5 Å². The number of benzene rings is 2. The molecule has 0 atom stereocenters. The van der Waals surface area contributed by atoms with Crippen molar-refractivity contribution in [1.29, 1.82) is 0 Å². The summed E-state index contributed by atoms with van der Waals surface area (Å²) in [4.78, 5) is 20.2. The zero-order chi connectivity index (χ0) is 17.2. The summed E-state index contributed by atoms with van der Waals surface area (Å²) in [5.41, 5.74) is 3.41. The first kappa shape index (κ1) is 16.2. The molecular weight excluding hydrogens is 334 g/mol. The molecule has 2 aromatic carbocycles. The van der Waals surface area contributed by atoms with E-state index in [-0.39, 0.29) is 5.91 Å². The van der Waals surface area contributed by atoms with Gasteiger partial charge in [-0.15, -0.1) is 0 Å². The molecule has 0 unspecified atom stereocenters. The maximum absolute atomic E-state index is 12.4. The molecule has 0 spiro atoms. The van der Waals surface area contributed by atoms with Crippen LogP contribution >= 0.6 is 11.6 Å². The summed E-state index contributed by atoms with van der Waals surface area (Å²) in [6.07, 6.45) is 5.88. The number of carbonyl (C=O) groups is 1. The Balaban J connectivity index is 1.51. The van der Waals surface area contributed by atoms with Gasteiger partial charge in [-0.2, -0.15) is 0 Å². The van der Waals surface area contributed by atoms with Gasteiger partial charge in [-0.1, -0.05) is 43.0 Å². The fourth-order valence-electron chi connectivity index (χ4n) is 3.41. The number of hydrogen-bond acceptors (Lipinski definition) is 2. The number of carbonyl (C=O) groups excluding carboxylic acids is 1. The number of nitrogens with one attached hydrogen (secondary N) is 2. The number of hydrogen-bond donors (Lipinski definition) is 2. The van der Waals surface area contributed by atoms with Crippen molar-refractivity contribution in [2.75, 3.05) is 0 Å². The molecule has 0 aliphatic heterocycles. The topological polar surface area (TPSA) is 57.8 Å². The SMILES string of the molecule is O=C(NC1CCCCC1)c1ccc(-c2nc3ccc(Cl)cc3[nH]2)cc1. The zero-order valence-electron chi connectivity index (χ0n) is 13.9. The van der Waals surface area contributed by atoms with Gasteiger partial charge in [0.1, 0.15) is 5.82 Å². The molecule has 1 aromatic heterocycles. The predicted octanol–water partition coefficient (Wildman–Crippen LogP) is 4.95. The number of amides is 1. The molecule has 2 N–H and O–H groups in total. The maximum Gasteiger partial charge on any atom is 0.251 e. The monoisotopic (exact) mass is 353 g/mol. The molecule has 5 heteroatoms. The highest BCUT2D eigenvalue weighted by Gasteiger charge is 2.16. The van der Waals surface area contributed by atoms with Gasteiger partial charge in [-0.05, 0) is 43.2 Å². The lowest BCUT2D eigenvalue weighted by Gasteiger charge is -2.22. The van der Waals surface area contributed by atoms with Gasteiger partial charge in [0.2, 0.25) is 0 Å². The first-order chi connectivity index (χ1) is 12.2. The first-order valence-electron chi connectivity index (χ1n) is 8.75. The normalized spacial score (nSPS) is 15.4. The Morgan fingerprint density at radius 2 is 1.84 bits per heavy atom. The van der Waals surface area contributed by atoms with E-state index in [9.17, 15) is 4.79 Å². The zero-order valence-corrected chi connectivity index (χ0v) is 14.6. The van der Waals surface area contributed by atoms with Crippen LogP contribution in [0.15, 0.2) is 42.5 Å². The van der Waals surface area contributed by atoms with E-state index in [4.69, 9.17) is 11.6 Å². The Kier molecular flexibility index (Phi) is 4.45. The van der Waals surface area contributed by atoms with Crippen LogP contribution in [0.3, 0.4) is 0 Å². The van der Waals surface area contributed by atoms with Crippen LogP contribution in [0.25, 0.3) is 22.4 Å².